The largest absolute Gasteiger partial charge is 0.347 e. The first-order valence-electron chi connectivity index (χ1n) is 9.19. The number of nitrogens with zero attached hydrogens (tertiary/aromatic N) is 2. The average molecular weight is 455 g/mol. The van der Waals surface area contributed by atoms with Gasteiger partial charge < -0.3 is 5.32 Å². The van der Waals surface area contributed by atoms with E-state index in [1.54, 1.807) is 23.1 Å². The Morgan fingerprint density at radius 1 is 0.967 bits per heavy atom. The van der Waals surface area contributed by atoms with Crippen LogP contribution < -0.4 is 10.6 Å². The van der Waals surface area contributed by atoms with Gasteiger partial charge in [0, 0.05) is 10.6 Å². The van der Waals surface area contributed by atoms with E-state index in [9.17, 15) is 9.59 Å². The van der Waals surface area contributed by atoms with Gasteiger partial charge in [0.1, 0.15) is 0 Å². The minimum Gasteiger partial charge on any atom is -0.347 e. The summed E-state index contributed by atoms with van der Waals surface area (Å²) in [5.41, 5.74) is 0.933. The molecule has 0 fully saturated rings. The second-order valence-corrected chi connectivity index (χ2v) is 9.61. The number of nitrogens with one attached hydrogen (secondary N) is 2. The molecule has 0 spiro atoms. The van der Waals surface area contributed by atoms with Crippen LogP contribution in [-0.4, -0.2) is 28.6 Å². The Bertz CT molecular complexity index is 1150. The maximum atomic E-state index is 12.3. The number of hydrogen-bond acceptors (Lipinski definition) is 7. The first-order chi connectivity index (χ1) is 14.7. The lowest BCUT2D eigenvalue weighted by molar-refractivity contribution is -0.123. The van der Waals surface area contributed by atoms with Crippen molar-refractivity contribution >= 4 is 62.2 Å². The van der Waals surface area contributed by atoms with Gasteiger partial charge in [-0.2, -0.15) is 0 Å². The molecule has 152 valence electrons. The predicted molar refractivity (Wildman–Crippen MR) is 123 cm³/mol. The van der Waals surface area contributed by atoms with Crippen LogP contribution in [0, 0.1) is 0 Å². The number of rotatable bonds is 8. The van der Waals surface area contributed by atoms with E-state index >= 15 is 0 Å². The minimum atomic E-state index is -0.327. The number of benzene rings is 2. The van der Waals surface area contributed by atoms with E-state index in [1.165, 1.54) is 16.2 Å². The van der Waals surface area contributed by atoms with Crippen molar-refractivity contribution in [3.63, 3.8) is 0 Å². The van der Waals surface area contributed by atoms with Gasteiger partial charge in [-0.05, 0) is 27.8 Å². The van der Waals surface area contributed by atoms with Crippen molar-refractivity contribution in [1.29, 1.82) is 0 Å². The molecule has 0 saturated heterocycles. The summed E-state index contributed by atoms with van der Waals surface area (Å²) in [4.78, 5) is 25.7. The topological polar surface area (TPSA) is 84.0 Å². The molecule has 30 heavy (non-hydrogen) atoms. The zero-order valence-corrected chi connectivity index (χ0v) is 18.3. The lowest BCUT2D eigenvalue weighted by Gasteiger charge is -2.07. The van der Waals surface area contributed by atoms with E-state index in [-0.39, 0.29) is 24.8 Å². The van der Waals surface area contributed by atoms with Crippen molar-refractivity contribution in [3.8, 4) is 0 Å². The normalized spacial score (nSPS) is 10.8. The van der Waals surface area contributed by atoms with Crippen molar-refractivity contribution in [3.05, 3.63) is 70.4 Å². The van der Waals surface area contributed by atoms with Gasteiger partial charge >= 0.3 is 0 Å². The van der Waals surface area contributed by atoms with Gasteiger partial charge in [-0.25, -0.2) is 0 Å². The Morgan fingerprint density at radius 2 is 1.83 bits per heavy atom. The lowest BCUT2D eigenvalue weighted by Crippen LogP contribution is -2.33. The second-order valence-electron chi connectivity index (χ2n) is 6.38. The quantitative estimate of drug-likeness (QED) is 0.306. The van der Waals surface area contributed by atoms with Crippen molar-refractivity contribution < 1.29 is 9.59 Å². The van der Waals surface area contributed by atoms with E-state index in [2.05, 4.69) is 26.9 Å². The van der Waals surface area contributed by atoms with Gasteiger partial charge in [0.2, 0.25) is 16.9 Å². The smallest absolute Gasteiger partial charge is 0.245 e. The first-order valence-corrected chi connectivity index (χ1v) is 11.9. The first kappa shape index (κ1) is 20.5. The van der Waals surface area contributed by atoms with E-state index in [0.29, 0.717) is 5.13 Å². The number of thioether (sulfide) groups is 1. The Balaban J connectivity index is 1.25. The molecule has 4 rings (SSSR count). The summed E-state index contributed by atoms with van der Waals surface area (Å²) in [5.74, 6) is 0.294. The summed E-state index contributed by atoms with van der Waals surface area (Å²) in [6.07, 6.45) is 0.219. The Labute approximate surface area is 185 Å². The Hall–Kier alpha value is -2.75. The van der Waals surface area contributed by atoms with Gasteiger partial charge in [0.25, 0.3) is 0 Å². The molecule has 4 aromatic rings. The highest BCUT2D eigenvalue weighted by molar-refractivity contribution is 8.00. The molecule has 0 saturated carbocycles. The van der Waals surface area contributed by atoms with E-state index in [4.69, 9.17) is 0 Å². The number of amides is 2. The molecule has 9 heteroatoms. The molecule has 0 unspecified atom stereocenters. The summed E-state index contributed by atoms with van der Waals surface area (Å²) in [5, 5.41) is 18.0. The van der Waals surface area contributed by atoms with Gasteiger partial charge in [0.15, 0.2) is 4.34 Å². The van der Waals surface area contributed by atoms with Crippen LogP contribution in [0.2, 0.25) is 0 Å². The molecule has 0 radical (unpaired) electrons. The minimum absolute atomic E-state index is 0.110. The molecule has 2 heterocycles. The van der Waals surface area contributed by atoms with Crippen LogP contribution >= 0.6 is 34.4 Å². The van der Waals surface area contributed by atoms with Gasteiger partial charge in [0.05, 0.1) is 13.0 Å². The molecule has 0 atom stereocenters. The van der Waals surface area contributed by atoms with E-state index in [1.807, 2.05) is 53.9 Å². The molecular formula is C21H18N4O2S3. The molecule has 0 aliphatic carbocycles. The zero-order valence-electron chi connectivity index (χ0n) is 15.8. The van der Waals surface area contributed by atoms with Crippen molar-refractivity contribution in [2.24, 2.45) is 0 Å². The van der Waals surface area contributed by atoms with Gasteiger partial charge in [-0.3, -0.25) is 14.9 Å². The fraction of sp³-hybridized carbons (Fsp3) is 0.143. The van der Waals surface area contributed by atoms with Gasteiger partial charge in [-0.1, -0.05) is 71.6 Å². The fourth-order valence-electron chi connectivity index (χ4n) is 2.87. The molecule has 2 aromatic heterocycles. The predicted octanol–water partition coefficient (Wildman–Crippen LogP) is 4.34. The van der Waals surface area contributed by atoms with Crippen LogP contribution in [0.25, 0.3) is 10.8 Å². The Morgan fingerprint density at radius 3 is 2.70 bits per heavy atom. The van der Waals surface area contributed by atoms with Crippen LogP contribution in [0.4, 0.5) is 5.13 Å². The summed E-state index contributed by atoms with van der Waals surface area (Å²) in [7, 11) is 0. The molecule has 2 N–H and O–H groups in total. The number of carbonyl (C=O) groups is 2. The fourth-order valence-corrected chi connectivity index (χ4v) is 5.41. The lowest BCUT2D eigenvalue weighted by atomic mass is 10.0. The number of thiophene rings is 1. The summed E-state index contributed by atoms with van der Waals surface area (Å²) in [6.45, 7) is -0.110. The Kier molecular flexibility index (Phi) is 6.73. The van der Waals surface area contributed by atoms with Crippen molar-refractivity contribution in [1.82, 2.24) is 15.5 Å². The highest BCUT2D eigenvalue weighted by Gasteiger charge is 2.12. The molecule has 0 aliphatic rings. The standard InChI is InChI=1S/C21H18N4O2S3/c26-18(11-15-7-3-6-14-5-1-2-9-17(14)15)22-12-19(27)23-20-24-25-21(30-20)29-13-16-8-4-10-28-16/h1-10H,11-13H2,(H,22,26)(H,23,24,27). The van der Waals surface area contributed by atoms with Crippen LogP contribution in [0.15, 0.2) is 64.3 Å². The van der Waals surface area contributed by atoms with Crippen LogP contribution in [0.3, 0.4) is 0 Å². The summed E-state index contributed by atoms with van der Waals surface area (Å²) in [6, 6.07) is 17.9. The molecule has 6 nitrogen and oxygen atoms in total. The van der Waals surface area contributed by atoms with Crippen LogP contribution in [0.1, 0.15) is 10.4 Å². The van der Waals surface area contributed by atoms with Gasteiger partial charge in [-0.15, -0.1) is 21.5 Å². The van der Waals surface area contributed by atoms with Crippen molar-refractivity contribution in [2.75, 3.05) is 11.9 Å². The number of fused-ring (bicyclic) bond motifs is 1. The molecular weight excluding hydrogens is 436 g/mol. The van der Waals surface area contributed by atoms with E-state index < -0.39 is 0 Å². The highest BCUT2D eigenvalue weighted by atomic mass is 32.2. The molecule has 0 bridgehead atoms. The third-order valence-corrected chi connectivity index (χ3v) is 7.33. The SMILES string of the molecule is O=C(Cc1cccc2ccccc12)NCC(=O)Nc1nnc(SCc2cccs2)s1. The number of anilines is 1. The zero-order chi connectivity index (χ0) is 20.8. The number of hydrogen-bond donors (Lipinski definition) is 2. The average Bonchev–Trinajstić information content (AvgIpc) is 3.43. The highest BCUT2D eigenvalue weighted by Crippen LogP contribution is 2.29. The third kappa shape index (κ3) is 5.44. The molecule has 0 aliphatic heterocycles. The maximum Gasteiger partial charge on any atom is 0.245 e. The summed E-state index contributed by atoms with van der Waals surface area (Å²) >= 11 is 4.60. The van der Waals surface area contributed by atoms with Crippen molar-refractivity contribution in [2.45, 2.75) is 16.5 Å². The summed E-state index contributed by atoms with van der Waals surface area (Å²) < 4.78 is 0.790. The molecule has 2 amide bonds. The maximum absolute atomic E-state index is 12.3. The molecule has 2 aromatic carbocycles. The monoisotopic (exact) mass is 454 g/mol. The third-order valence-electron chi connectivity index (χ3n) is 4.25. The van der Waals surface area contributed by atoms with E-state index in [0.717, 1.165) is 26.4 Å². The second kappa shape index (κ2) is 9.84. The number of carbonyl (C=O) groups excluding carboxylic acids is 2. The van der Waals surface area contributed by atoms with Crippen LogP contribution in [-0.2, 0) is 21.8 Å². The van der Waals surface area contributed by atoms with Crippen LogP contribution in [0.5, 0.6) is 0 Å². The number of aromatic nitrogens is 2.